The van der Waals surface area contributed by atoms with E-state index in [-0.39, 0.29) is 42.5 Å². The Hall–Kier alpha value is -5.32. The summed E-state index contributed by atoms with van der Waals surface area (Å²) in [4.78, 5) is 89.9. The van der Waals surface area contributed by atoms with Gasteiger partial charge in [0.2, 0.25) is 35.9 Å². The number of aryl methyl sites for hydroxylation is 3. The van der Waals surface area contributed by atoms with E-state index in [2.05, 4.69) is 40.1 Å². The summed E-state index contributed by atoms with van der Waals surface area (Å²) in [5.41, 5.74) is 7.08. The molecule has 59 heavy (non-hydrogen) atoms. The first-order valence-electron chi connectivity index (χ1n) is 20.8. The molecule has 5 N–H and O–H groups in total. The lowest BCUT2D eigenvalue weighted by molar-refractivity contribution is -0.160. The second-order valence-corrected chi connectivity index (χ2v) is 14.6. The number of hydrogen-bond acceptors (Lipinski definition) is 10. The minimum Gasteiger partial charge on any atom is -0.461 e. The zero-order valence-corrected chi connectivity index (χ0v) is 36.2. The van der Waals surface area contributed by atoms with Crippen LogP contribution in [0, 0.1) is 13.8 Å². The van der Waals surface area contributed by atoms with Crippen LogP contribution in [0.4, 0.5) is 5.82 Å². The van der Waals surface area contributed by atoms with Gasteiger partial charge in [-0.3, -0.25) is 33.4 Å². The first-order chi connectivity index (χ1) is 28.2. The van der Waals surface area contributed by atoms with Gasteiger partial charge in [0, 0.05) is 37.9 Å². The molecule has 4 aliphatic rings. The van der Waals surface area contributed by atoms with Crippen LogP contribution in [0.2, 0.25) is 0 Å². The number of ether oxygens (including phenoxy) is 1. The number of nitrogens with two attached hydrogens (primary N) is 1. The van der Waals surface area contributed by atoms with Gasteiger partial charge in [-0.05, 0) is 86.6 Å². The lowest BCUT2D eigenvalue weighted by Gasteiger charge is -2.38. The quantitative estimate of drug-likeness (QED) is 0.255. The van der Waals surface area contributed by atoms with Crippen molar-refractivity contribution in [2.45, 2.75) is 137 Å². The Morgan fingerprint density at radius 2 is 1.47 bits per heavy atom. The van der Waals surface area contributed by atoms with Crippen molar-refractivity contribution in [1.82, 2.24) is 35.1 Å². The number of primary amides is 1. The highest BCUT2D eigenvalue weighted by molar-refractivity contribution is 5.95. The molecular weight excluding hydrogens is 759 g/mol. The highest BCUT2D eigenvalue weighted by atomic mass is 16.5. The van der Waals surface area contributed by atoms with Crippen LogP contribution in [0.15, 0.2) is 36.4 Å². The molecule has 5 unspecified atom stereocenters. The van der Waals surface area contributed by atoms with Crippen molar-refractivity contribution in [3.8, 4) is 0 Å². The maximum absolute atomic E-state index is 13.5. The van der Waals surface area contributed by atoms with Gasteiger partial charge in [-0.1, -0.05) is 49.7 Å². The third-order valence-corrected chi connectivity index (χ3v) is 10.0. The van der Waals surface area contributed by atoms with Crippen molar-refractivity contribution in [1.29, 1.82) is 0 Å². The van der Waals surface area contributed by atoms with Crippen LogP contribution in [0.3, 0.4) is 0 Å². The Balaban J connectivity index is 0.000000372. The summed E-state index contributed by atoms with van der Waals surface area (Å²) in [6.07, 6.45) is 4.51. The van der Waals surface area contributed by atoms with Gasteiger partial charge in [-0.2, -0.15) is 5.10 Å². The zero-order valence-electron chi connectivity index (χ0n) is 36.2. The zero-order chi connectivity index (χ0) is 44.1. The molecule has 328 valence electrons. The Morgan fingerprint density at radius 3 is 2.02 bits per heavy atom. The van der Waals surface area contributed by atoms with Gasteiger partial charge < -0.3 is 41.1 Å². The van der Waals surface area contributed by atoms with E-state index < -0.39 is 36.2 Å². The van der Waals surface area contributed by atoms with Gasteiger partial charge in [0.15, 0.2) is 5.82 Å². The summed E-state index contributed by atoms with van der Waals surface area (Å²) in [6, 6.07) is 9.29. The lowest BCUT2D eigenvalue weighted by Crippen LogP contribution is -2.59. The number of aromatic nitrogens is 2. The molecule has 17 nitrogen and oxygen atoms in total. The maximum Gasteiger partial charge on any atom is 0.329 e. The molecule has 6 amide bonds. The number of likely N-dealkylation sites (N-methyl/N-ethyl adjacent to an activating group) is 1. The van der Waals surface area contributed by atoms with Crippen LogP contribution in [-0.2, 0) is 44.8 Å². The van der Waals surface area contributed by atoms with Crippen molar-refractivity contribution >= 4 is 47.7 Å². The highest BCUT2D eigenvalue weighted by Gasteiger charge is 2.43. The summed E-state index contributed by atoms with van der Waals surface area (Å²) in [5.74, 6) is -1.38. The van der Waals surface area contributed by atoms with E-state index in [1.165, 1.54) is 10.5 Å². The van der Waals surface area contributed by atoms with Gasteiger partial charge in [-0.15, -0.1) is 0 Å². The first-order valence-corrected chi connectivity index (χ1v) is 20.8. The topological polar surface area (TPSA) is 218 Å². The number of carbonyl (C=O) groups is 7. The van der Waals surface area contributed by atoms with E-state index in [9.17, 15) is 33.6 Å². The Kier molecular flexibility index (Phi) is 21.9. The maximum atomic E-state index is 13.5. The average molecular weight is 826 g/mol. The molecule has 0 radical (unpaired) electrons. The van der Waals surface area contributed by atoms with E-state index in [0.717, 1.165) is 25.1 Å². The summed E-state index contributed by atoms with van der Waals surface area (Å²) in [5, 5.41) is 12.0. The van der Waals surface area contributed by atoms with Crippen molar-refractivity contribution in [3.63, 3.8) is 0 Å². The molecule has 1 aromatic heterocycles. The summed E-state index contributed by atoms with van der Waals surface area (Å²) >= 11 is 0. The molecule has 5 heterocycles. The van der Waals surface area contributed by atoms with Crippen molar-refractivity contribution in [3.05, 3.63) is 47.7 Å². The van der Waals surface area contributed by atoms with Crippen LogP contribution in [0.5, 0.6) is 0 Å². The number of esters is 1. The molecule has 4 fully saturated rings. The van der Waals surface area contributed by atoms with Crippen LogP contribution >= 0.6 is 0 Å². The molecular formula is C42H67N9O8. The molecule has 0 aliphatic carbocycles. The minimum atomic E-state index is -0.820. The van der Waals surface area contributed by atoms with Crippen LogP contribution in [0.1, 0.15) is 97.2 Å². The molecule has 2 aromatic rings. The number of nitrogens with one attached hydrogen (secondary N) is 3. The Labute approximate surface area is 349 Å². The predicted octanol–water partition coefficient (Wildman–Crippen LogP) is 2.68. The normalized spacial score (nSPS) is 23.1. The SMILES string of the molecule is CC.CC1CC(=O)N2CCCC2C(=O)N2CCCCC2C(=O)NC(C)C(=O)N2CCCC2C(=O)O1.CCn1nc(NC=O)cc1C.CNCC(N)=O.Cc1ccccc1. The smallest absolute Gasteiger partial charge is 0.329 e. The largest absolute Gasteiger partial charge is 0.461 e. The molecule has 0 bridgehead atoms. The Bertz CT molecular complexity index is 1670. The van der Waals surface area contributed by atoms with Gasteiger partial charge in [0.05, 0.1) is 13.0 Å². The fourth-order valence-electron chi connectivity index (χ4n) is 7.23. The van der Waals surface area contributed by atoms with Crippen LogP contribution in [0.25, 0.3) is 0 Å². The monoisotopic (exact) mass is 826 g/mol. The van der Waals surface area contributed by atoms with Crippen LogP contribution < -0.4 is 21.7 Å². The molecule has 0 spiro atoms. The molecule has 17 heteroatoms. The van der Waals surface area contributed by atoms with E-state index >= 15 is 0 Å². The predicted molar refractivity (Wildman–Crippen MR) is 225 cm³/mol. The van der Waals surface area contributed by atoms with Gasteiger partial charge in [0.1, 0.15) is 30.3 Å². The third kappa shape index (κ3) is 15.4. The van der Waals surface area contributed by atoms with Crippen molar-refractivity contribution < 1.29 is 38.3 Å². The number of rotatable bonds is 5. The van der Waals surface area contributed by atoms with Crippen molar-refractivity contribution in [2.24, 2.45) is 5.73 Å². The number of piperidine rings is 1. The fraction of sp³-hybridized carbons (Fsp3) is 0.619. The molecule has 1 aromatic carbocycles. The molecule has 4 aliphatic heterocycles. The number of cyclic esters (lactones) is 1. The second kappa shape index (κ2) is 25.9. The number of nitrogens with zero attached hydrogens (tertiary/aromatic N) is 5. The van der Waals surface area contributed by atoms with E-state index in [1.807, 2.05) is 56.6 Å². The number of amides is 6. The molecule has 4 saturated heterocycles. The third-order valence-electron chi connectivity index (χ3n) is 10.0. The van der Waals surface area contributed by atoms with Crippen molar-refractivity contribution in [2.75, 3.05) is 38.5 Å². The average Bonchev–Trinajstić information content (AvgIpc) is 3.99. The number of carbonyl (C=O) groups excluding carboxylic acids is 7. The minimum absolute atomic E-state index is 0.0174. The molecule has 5 atom stereocenters. The lowest BCUT2D eigenvalue weighted by atomic mass is 9.99. The molecule has 6 rings (SSSR count). The standard InChI is InChI=1S/C23H34N4O6.C7H11N3O.C7H8.C3H8N2O.C2H6/c1-14-13-19(28)25-11-5-8-17(25)22(31)26-10-4-3-7-16(26)20(29)24-15(2)21(30)27-12-6-9-18(27)23(32)33-14;1-3-10-6(2)4-7(9-10)8-5-11;1-7-5-3-2-4-6-7;1-5-2-3(4)6;1-2/h14-18H,3-13H2,1-2H3,(H,24,29);4-5H,3H2,1-2H3,(H,8,9,11);2-6H,1H3;5H,2H2,1H3,(H2,4,6);1-2H3. The second-order valence-electron chi connectivity index (χ2n) is 14.6. The highest BCUT2D eigenvalue weighted by Crippen LogP contribution is 2.27. The first kappa shape index (κ1) is 49.8. The van der Waals surface area contributed by atoms with E-state index in [1.54, 1.807) is 30.7 Å². The summed E-state index contributed by atoms with van der Waals surface area (Å²) in [7, 11) is 1.67. The number of fused-ring (bicyclic) bond motifs is 3. The van der Waals surface area contributed by atoms with Crippen LogP contribution in [-0.4, -0.2) is 130 Å². The van der Waals surface area contributed by atoms with Gasteiger partial charge in [-0.25, -0.2) is 4.79 Å². The summed E-state index contributed by atoms with van der Waals surface area (Å²) < 4.78 is 7.36. The molecule has 0 saturated carbocycles. The van der Waals surface area contributed by atoms with E-state index in [0.29, 0.717) is 64.0 Å². The number of anilines is 1. The number of benzene rings is 1. The van der Waals surface area contributed by atoms with Gasteiger partial charge >= 0.3 is 5.97 Å². The summed E-state index contributed by atoms with van der Waals surface area (Å²) in [6.45, 7) is 15.7. The number of hydrogen-bond donors (Lipinski definition) is 4. The fourth-order valence-corrected chi connectivity index (χ4v) is 7.23. The van der Waals surface area contributed by atoms with E-state index in [4.69, 9.17) is 10.5 Å². The van der Waals surface area contributed by atoms with Gasteiger partial charge in [0.25, 0.3) is 0 Å². The Morgan fingerprint density at radius 1 is 0.881 bits per heavy atom.